The molecule has 1 atom stereocenters. The van der Waals surface area contributed by atoms with E-state index in [1.807, 2.05) is 18.7 Å². The maximum Gasteiger partial charge on any atom is 0.219 e. The van der Waals surface area contributed by atoms with Gasteiger partial charge < -0.3 is 4.90 Å². The van der Waals surface area contributed by atoms with E-state index in [0.29, 0.717) is 0 Å². The molecule has 0 bridgehead atoms. The Morgan fingerprint density at radius 2 is 1.71 bits per heavy atom. The third kappa shape index (κ3) is 8.52. The minimum Gasteiger partial charge on any atom is -0.343 e. The molecule has 1 fully saturated rings. The first kappa shape index (κ1) is 22.7. The fraction of sp³-hybridized carbons (Fsp3) is 0.682. The minimum absolute atomic E-state index is 0.235. The summed E-state index contributed by atoms with van der Waals surface area (Å²) in [4.78, 5) is 12.9. The van der Waals surface area contributed by atoms with Crippen LogP contribution in [0.25, 0.3) is 0 Å². The molecule has 1 amide bonds. The number of carbonyl (C=O) groups excluding carboxylic acids is 1. The summed E-state index contributed by atoms with van der Waals surface area (Å²) >= 11 is 0. The van der Waals surface area contributed by atoms with Crippen LogP contribution in [0.4, 0.5) is 0 Å². The number of hydrogen-bond acceptors (Lipinski definition) is 1. The topological polar surface area (TPSA) is 20.3 Å². The molecule has 1 aliphatic rings. The highest BCUT2D eigenvalue weighted by Crippen LogP contribution is 2.16. The normalized spacial score (nSPS) is 17.0. The first-order valence-corrected chi connectivity index (χ1v) is 9.81. The zero-order chi connectivity index (χ0) is 18.5. The Labute approximate surface area is 150 Å². The molecule has 1 unspecified atom stereocenters. The fourth-order valence-electron chi connectivity index (χ4n) is 3.01. The maximum atomic E-state index is 11.0. The highest BCUT2D eigenvalue weighted by atomic mass is 16.2. The maximum absolute atomic E-state index is 11.0. The lowest BCUT2D eigenvalue weighted by Crippen LogP contribution is -2.29. The highest BCUT2D eigenvalue weighted by Gasteiger charge is 2.14. The third-order valence-electron chi connectivity index (χ3n) is 4.59. The summed E-state index contributed by atoms with van der Waals surface area (Å²) in [5, 5.41) is 0. The van der Waals surface area contributed by atoms with Gasteiger partial charge in [-0.05, 0) is 56.1 Å². The van der Waals surface area contributed by atoms with Gasteiger partial charge in [-0.15, -0.1) is 0 Å². The van der Waals surface area contributed by atoms with Crippen molar-refractivity contribution < 1.29 is 4.79 Å². The van der Waals surface area contributed by atoms with E-state index in [1.165, 1.54) is 36.0 Å². The Morgan fingerprint density at radius 3 is 2.25 bits per heavy atom. The summed E-state index contributed by atoms with van der Waals surface area (Å²) in [6.07, 6.45) is 5.96. The van der Waals surface area contributed by atoms with Crippen molar-refractivity contribution >= 4 is 5.91 Å². The number of rotatable bonds is 2. The number of nitrogens with zero attached hydrogens (tertiary/aromatic N) is 1. The van der Waals surface area contributed by atoms with Crippen molar-refractivity contribution in [2.24, 2.45) is 5.92 Å². The van der Waals surface area contributed by atoms with Gasteiger partial charge >= 0.3 is 0 Å². The highest BCUT2D eigenvalue weighted by molar-refractivity contribution is 5.73. The molecule has 1 aliphatic heterocycles. The molecule has 138 valence electrons. The Morgan fingerprint density at radius 1 is 1.08 bits per heavy atom. The minimum atomic E-state index is 0.235. The van der Waals surface area contributed by atoms with Crippen molar-refractivity contribution in [3.63, 3.8) is 0 Å². The van der Waals surface area contributed by atoms with Crippen molar-refractivity contribution in [2.75, 3.05) is 13.1 Å². The number of carbonyl (C=O) groups is 1. The van der Waals surface area contributed by atoms with Crippen molar-refractivity contribution in [3.05, 3.63) is 34.9 Å². The molecule has 1 aromatic carbocycles. The predicted molar refractivity (Wildman–Crippen MR) is 107 cm³/mol. The molecule has 24 heavy (non-hydrogen) atoms. The summed E-state index contributed by atoms with van der Waals surface area (Å²) in [5.74, 6) is 1.04. The van der Waals surface area contributed by atoms with Gasteiger partial charge in [-0.3, -0.25) is 4.79 Å². The molecule has 0 spiro atoms. The molecular formula is C22H39NO. The van der Waals surface area contributed by atoms with E-state index in [2.05, 4.69) is 45.9 Å². The second kappa shape index (κ2) is 13.0. The average Bonchev–Trinajstić information content (AvgIpc) is 2.82. The summed E-state index contributed by atoms with van der Waals surface area (Å²) in [5.41, 5.74) is 4.38. The van der Waals surface area contributed by atoms with Crippen LogP contribution >= 0.6 is 0 Å². The van der Waals surface area contributed by atoms with Crippen LogP contribution in [0.2, 0.25) is 0 Å². The Kier molecular flexibility index (Phi) is 12.3. The molecule has 0 aliphatic carbocycles. The van der Waals surface area contributed by atoms with Crippen LogP contribution < -0.4 is 0 Å². The lowest BCUT2D eigenvalue weighted by molar-refractivity contribution is -0.128. The van der Waals surface area contributed by atoms with Crippen molar-refractivity contribution in [2.45, 2.75) is 80.6 Å². The number of benzene rings is 1. The van der Waals surface area contributed by atoms with Crippen LogP contribution in [-0.4, -0.2) is 23.9 Å². The second-order valence-corrected chi connectivity index (χ2v) is 6.52. The third-order valence-corrected chi connectivity index (χ3v) is 4.59. The van der Waals surface area contributed by atoms with Crippen LogP contribution in [-0.2, 0) is 17.6 Å². The van der Waals surface area contributed by atoms with Gasteiger partial charge in [0.05, 0.1) is 0 Å². The number of hydrogen-bond donors (Lipinski definition) is 0. The molecule has 0 N–H and O–H groups in total. The van der Waals surface area contributed by atoms with Crippen molar-refractivity contribution in [1.29, 1.82) is 0 Å². The largest absolute Gasteiger partial charge is 0.343 e. The van der Waals surface area contributed by atoms with Gasteiger partial charge in [0.2, 0.25) is 5.91 Å². The number of aryl methyl sites for hydroxylation is 3. The lowest BCUT2D eigenvalue weighted by atomic mass is 10.0. The summed E-state index contributed by atoms with van der Waals surface area (Å²) < 4.78 is 0. The van der Waals surface area contributed by atoms with Gasteiger partial charge in [0.1, 0.15) is 0 Å². The average molecular weight is 334 g/mol. The van der Waals surface area contributed by atoms with Crippen molar-refractivity contribution in [1.82, 2.24) is 4.90 Å². The zero-order valence-electron chi connectivity index (χ0n) is 17.1. The molecule has 1 saturated heterocycles. The summed E-state index contributed by atoms with van der Waals surface area (Å²) in [7, 11) is 0. The second-order valence-electron chi connectivity index (χ2n) is 6.52. The van der Waals surface area contributed by atoms with Gasteiger partial charge in [0.15, 0.2) is 0 Å². The van der Waals surface area contributed by atoms with Gasteiger partial charge in [-0.2, -0.15) is 0 Å². The summed E-state index contributed by atoms with van der Waals surface area (Å²) in [6.45, 7) is 16.5. The van der Waals surface area contributed by atoms with Gasteiger partial charge in [-0.25, -0.2) is 0 Å². The monoisotopic (exact) mass is 333 g/mol. The molecule has 2 rings (SSSR count). The number of amides is 1. The van der Waals surface area contributed by atoms with E-state index in [1.54, 1.807) is 6.92 Å². The summed E-state index contributed by atoms with van der Waals surface area (Å²) in [6, 6.07) is 6.73. The molecule has 0 radical (unpaired) electrons. The first-order valence-electron chi connectivity index (χ1n) is 9.81. The molecule has 2 heteroatoms. The molecule has 0 saturated carbocycles. The molecule has 2 nitrogen and oxygen atoms in total. The van der Waals surface area contributed by atoms with Gasteiger partial charge in [0.25, 0.3) is 0 Å². The SMILES string of the molecule is CC.CC(=O)N1CCCC(C)CC1.CCc1ccc(C)cc1CC. The van der Waals surface area contributed by atoms with Gasteiger partial charge in [0, 0.05) is 20.0 Å². The predicted octanol–water partition coefficient (Wildman–Crippen LogP) is 5.80. The Bertz CT molecular complexity index is 467. The number of likely N-dealkylation sites (tertiary alicyclic amines) is 1. The van der Waals surface area contributed by atoms with Crippen LogP contribution in [0.15, 0.2) is 18.2 Å². The van der Waals surface area contributed by atoms with E-state index in [9.17, 15) is 4.79 Å². The van der Waals surface area contributed by atoms with Crippen LogP contribution in [0.1, 0.15) is 77.5 Å². The van der Waals surface area contributed by atoms with E-state index in [-0.39, 0.29) is 5.91 Å². The molecule has 0 aromatic heterocycles. The van der Waals surface area contributed by atoms with Gasteiger partial charge in [-0.1, -0.05) is 58.4 Å². The zero-order valence-corrected chi connectivity index (χ0v) is 17.1. The van der Waals surface area contributed by atoms with Crippen molar-refractivity contribution in [3.8, 4) is 0 Å². The molecule has 1 aromatic rings. The Balaban J connectivity index is 0.000000400. The smallest absolute Gasteiger partial charge is 0.219 e. The van der Waals surface area contributed by atoms with E-state index in [0.717, 1.165) is 31.8 Å². The lowest BCUT2D eigenvalue weighted by Gasteiger charge is -2.17. The van der Waals surface area contributed by atoms with Crippen LogP contribution in [0.5, 0.6) is 0 Å². The molecule has 1 heterocycles. The van der Waals surface area contributed by atoms with E-state index in [4.69, 9.17) is 0 Å². The van der Waals surface area contributed by atoms with Crippen LogP contribution in [0.3, 0.4) is 0 Å². The quantitative estimate of drug-likeness (QED) is 0.669. The standard InChI is InChI=1S/C11H16.C9H17NO.C2H6/c1-4-10-7-6-9(3)8-11(10)5-2;1-8-4-3-6-10(7-5-8)9(2)11;1-2/h6-8H,4-5H2,1-3H3;8H,3-7H2,1-2H3;1-2H3. The van der Waals surface area contributed by atoms with E-state index < -0.39 is 0 Å². The van der Waals surface area contributed by atoms with E-state index >= 15 is 0 Å². The fourth-order valence-corrected chi connectivity index (χ4v) is 3.01. The first-order chi connectivity index (χ1) is 11.5. The molecular weight excluding hydrogens is 294 g/mol. The Hall–Kier alpha value is -1.31. The van der Waals surface area contributed by atoms with Crippen LogP contribution in [0, 0.1) is 12.8 Å².